The van der Waals surface area contributed by atoms with Crippen LogP contribution in [0.3, 0.4) is 0 Å². The summed E-state index contributed by atoms with van der Waals surface area (Å²) < 4.78 is 0. The Morgan fingerprint density at radius 1 is 1.00 bits per heavy atom. The van der Waals surface area contributed by atoms with Gasteiger partial charge in [-0.3, -0.25) is 19.2 Å². The number of amides is 4. The van der Waals surface area contributed by atoms with E-state index in [1.54, 1.807) is 6.20 Å². The number of carboxylic acids is 1. The molecule has 10 N–H and O–H groups in total. The van der Waals surface area contributed by atoms with Crippen molar-refractivity contribution in [3.63, 3.8) is 0 Å². The summed E-state index contributed by atoms with van der Waals surface area (Å²) in [5.41, 5.74) is 12.8. The number of nitrogens with one attached hydrogen (secondary N) is 4. The molecule has 0 bridgehead atoms. The highest BCUT2D eigenvalue weighted by Gasteiger charge is 2.29. The van der Waals surface area contributed by atoms with Gasteiger partial charge in [0, 0.05) is 17.1 Å². The number of aromatic amines is 1. The molecule has 2 rings (SSSR count). The highest BCUT2D eigenvalue weighted by Crippen LogP contribution is 2.18. The van der Waals surface area contributed by atoms with Gasteiger partial charge in [-0.25, -0.2) is 4.79 Å². The Hall–Kier alpha value is -3.97. The van der Waals surface area contributed by atoms with Gasteiger partial charge in [0.1, 0.15) is 18.1 Å². The number of carboxylic acid groups (broad SMARTS) is 1. The van der Waals surface area contributed by atoms with Gasteiger partial charge in [-0.2, -0.15) is 0 Å². The van der Waals surface area contributed by atoms with Crippen LogP contribution in [0.15, 0.2) is 30.5 Å². The standard InChI is InChI=1S/C21H28N6O7/c1-10(18(30)26-15(7-17(23)29)20(32)27-16(9-28)21(33)34)25-19(31)13(22)6-11-8-24-14-5-3-2-4-12(11)14/h2-5,8,10,13,15-16,24,28H,6-7,9,22H2,1H3,(H2,23,29)(H,25,31)(H,26,30)(H,27,32)(H,33,34). The molecule has 1 heterocycles. The van der Waals surface area contributed by atoms with Crippen molar-refractivity contribution in [2.24, 2.45) is 11.5 Å². The average Bonchev–Trinajstić information content (AvgIpc) is 3.18. The zero-order valence-electron chi connectivity index (χ0n) is 18.4. The Morgan fingerprint density at radius 3 is 2.26 bits per heavy atom. The van der Waals surface area contributed by atoms with Crippen LogP contribution in [0.2, 0.25) is 0 Å². The van der Waals surface area contributed by atoms with E-state index in [1.807, 2.05) is 29.6 Å². The number of rotatable bonds is 12. The van der Waals surface area contributed by atoms with Crippen molar-refractivity contribution < 1.29 is 34.2 Å². The number of fused-ring (bicyclic) bond motifs is 1. The number of para-hydroxylation sites is 1. The molecular weight excluding hydrogens is 448 g/mol. The van der Waals surface area contributed by atoms with E-state index in [1.165, 1.54) is 6.92 Å². The summed E-state index contributed by atoms with van der Waals surface area (Å²) in [4.78, 5) is 62.7. The van der Waals surface area contributed by atoms with Gasteiger partial charge >= 0.3 is 5.97 Å². The van der Waals surface area contributed by atoms with E-state index in [2.05, 4.69) is 15.6 Å². The molecule has 0 radical (unpaired) electrons. The van der Waals surface area contributed by atoms with Gasteiger partial charge in [-0.15, -0.1) is 0 Å². The lowest BCUT2D eigenvalue weighted by Crippen LogP contribution is -2.57. The smallest absolute Gasteiger partial charge is 0.328 e. The molecule has 13 nitrogen and oxygen atoms in total. The molecular formula is C21H28N6O7. The number of carbonyl (C=O) groups is 5. The minimum atomic E-state index is -1.64. The van der Waals surface area contributed by atoms with Crippen molar-refractivity contribution in [1.82, 2.24) is 20.9 Å². The summed E-state index contributed by atoms with van der Waals surface area (Å²) in [5.74, 6) is -4.93. The van der Waals surface area contributed by atoms with Gasteiger partial charge in [-0.05, 0) is 25.0 Å². The molecule has 0 saturated carbocycles. The van der Waals surface area contributed by atoms with Crippen LogP contribution in [0.4, 0.5) is 0 Å². The van der Waals surface area contributed by atoms with Crippen LogP contribution in [-0.4, -0.2) is 75.6 Å². The number of aliphatic hydroxyl groups excluding tert-OH is 1. The van der Waals surface area contributed by atoms with Crippen molar-refractivity contribution >= 4 is 40.5 Å². The number of aromatic nitrogens is 1. The number of nitrogens with two attached hydrogens (primary N) is 2. The van der Waals surface area contributed by atoms with E-state index < -0.39 is 66.8 Å². The number of aliphatic hydroxyl groups is 1. The molecule has 0 spiro atoms. The quantitative estimate of drug-likeness (QED) is 0.162. The minimum absolute atomic E-state index is 0.203. The molecule has 0 aliphatic heterocycles. The fraction of sp³-hybridized carbons (Fsp3) is 0.381. The van der Waals surface area contributed by atoms with Crippen LogP contribution in [0.5, 0.6) is 0 Å². The molecule has 184 valence electrons. The maximum atomic E-state index is 12.5. The molecule has 0 aliphatic carbocycles. The van der Waals surface area contributed by atoms with Gasteiger partial charge in [0.05, 0.1) is 19.1 Å². The maximum Gasteiger partial charge on any atom is 0.328 e. The van der Waals surface area contributed by atoms with E-state index in [4.69, 9.17) is 21.7 Å². The summed E-state index contributed by atoms with van der Waals surface area (Å²) in [5, 5.41) is 25.6. The van der Waals surface area contributed by atoms with Gasteiger partial charge in [0.25, 0.3) is 0 Å². The van der Waals surface area contributed by atoms with Crippen molar-refractivity contribution in [2.45, 2.75) is 43.9 Å². The average molecular weight is 476 g/mol. The molecule has 0 aliphatic rings. The molecule has 4 atom stereocenters. The summed E-state index contributed by atoms with van der Waals surface area (Å²) in [6, 6.07) is 2.23. The lowest BCUT2D eigenvalue weighted by molar-refractivity contribution is -0.143. The first-order valence-corrected chi connectivity index (χ1v) is 10.4. The van der Waals surface area contributed by atoms with Crippen LogP contribution in [0.1, 0.15) is 18.9 Å². The van der Waals surface area contributed by atoms with Crippen LogP contribution in [0.25, 0.3) is 10.9 Å². The number of benzene rings is 1. The number of hydrogen-bond acceptors (Lipinski definition) is 7. The normalized spacial score (nSPS) is 14.4. The number of primary amides is 1. The fourth-order valence-corrected chi connectivity index (χ4v) is 3.18. The summed E-state index contributed by atoms with van der Waals surface area (Å²) in [6.45, 7) is 0.442. The highest BCUT2D eigenvalue weighted by atomic mass is 16.4. The Morgan fingerprint density at radius 2 is 1.65 bits per heavy atom. The lowest BCUT2D eigenvalue weighted by Gasteiger charge is -2.22. The van der Waals surface area contributed by atoms with Gasteiger partial charge in [0.15, 0.2) is 0 Å². The third-order valence-electron chi connectivity index (χ3n) is 5.04. The second-order valence-corrected chi connectivity index (χ2v) is 7.71. The number of H-pyrrole nitrogens is 1. The Kier molecular flexibility index (Phi) is 9.10. The van der Waals surface area contributed by atoms with Crippen LogP contribution in [0, 0.1) is 0 Å². The molecule has 34 heavy (non-hydrogen) atoms. The second-order valence-electron chi connectivity index (χ2n) is 7.71. The predicted octanol–water partition coefficient (Wildman–Crippen LogP) is -2.54. The van der Waals surface area contributed by atoms with Crippen LogP contribution >= 0.6 is 0 Å². The van der Waals surface area contributed by atoms with Crippen molar-refractivity contribution in [3.05, 3.63) is 36.0 Å². The van der Waals surface area contributed by atoms with Gasteiger partial charge < -0.3 is 42.6 Å². The third kappa shape index (κ3) is 7.02. The molecule has 0 fully saturated rings. The van der Waals surface area contributed by atoms with Crippen molar-refractivity contribution in [3.8, 4) is 0 Å². The first-order chi connectivity index (χ1) is 16.0. The summed E-state index contributed by atoms with van der Waals surface area (Å²) >= 11 is 0. The third-order valence-corrected chi connectivity index (χ3v) is 5.04. The second kappa shape index (κ2) is 11.8. The number of carbonyl (C=O) groups excluding carboxylic acids is 4. The zero-order chi connectivity index (χ0) is 25.4. The SMILES string of the molecule is CC(NC(=O)C(N)Cc1c[nH]c2ccccc12)C(=O)NC(CC(N)=O)C(=O)NC(CO)C(=O)O. The van der Waals surface area contributed by atoms with Crippen molar-refractivity contribution in [1.29, 1.82) is 0 Å². The Labute approximate surface area is 194 Å². The van der Waals surface area contributed by atoms with E-state index in [0.29, 0.717) is 0 Å². The molecule has 1 aromatic carbocycles. The topological polar surface area (TPSA) is 230 Å². The van der Waals surface area contributed by atoms with Crippen molar-refractivity contribution in [2.75, 3.05) is 6.61 Å². The molecule has 2 aromatic rings. The first kappa shape index (κ1) is 26.3. The van der Waals surface area contributed by atoms with Gasteiger partial charge in [-0.1, -0.05) is 18.2 Å². The molecule has 13 heteroatoms. The molecule has 1 aromatic heterocycles. The number of aliphatic carboxylic acids is 1. The van der Waals surface area contributed by atoms with Crippen LogP contribution in [-0.2, 0) is 30.4 Å². The van der Waals surface area contributed by atoms with E-state index in [0.717, 1.165) is 16.5 Å². The molecule has 0 saturated heterocycles. The predicted molar refractivity (Wildman–Crippen MR) is 120 cm³/mol. The molecule has 4 amide bonds. The first-order valence-electron chi connectivity index (χ1n) is 10.4. The van der Waals surface area contributed by atoms with E-state index in [9.17, 15) is 24.0 Å². The summed E-state index contributed by atoms with van der Waals surface area (Å²) in [6.07, 6.45) is 1.32. The Bertz CT molecular complexity index is 1070. The lowest BCUT2D eigenvalue weighted by atomic mass is 10.0. The maximum absolute atomic E-state index is 12.5. The Balaban J connectivity index is 1.98. The fourth-order valence-electron chi connectivity index (χ4n) is 3.18. The largest absolute Gasteiger partial charge is 0.480 e. The highest BCUT2D eigenvalue weighted by molar-refractivity contribution is 5.96. The number of hydrogen-bond donors (Lipinski definition) is 8. The van der Waals surface area contributed by atoms with E-state index >= 15 is 0 Å². The minimum Gasteiger partial charge on any atom is -0.480 e. The van der Waals surface area contributed by atoms with Gasteiger partial charge in [0.2, 0.25) is 23.6 Å². The zero-order valence-corrected chi connectivity index (χ0v) is 18.4. The summed E-state index contributed by atoms with van der Waals surface area (Å²) in [7, 11) is 0. The molecule has 4 unspecified atom stereocenters. The monoisotopic (exact) mass is 476 g/mol. The van der Waals surface area contributed by atoms with Crippen LogP contribution < -0.4 is 27.4 Å². The van der Waals surface area contributed by atoms with E-state index in [-0.39, 0.29) is 6.42 Å².